The van der Waals surface area contributed by atoms with Gasteiger partial charge in [-0.1, -0.05) is 30.3 Å². The number of aromatic nitrogens is 2. The molecule has 25 heavy (non-hydrogen) atoms. The van der Waals surface area contributed by atoms with E-state index < -0.39 is 0 Å². The van der Waals surface area contributed by atoms with E-state index in [4.69, 9.17) is 20.2 Å². The van der Waals surface area contributed by atoms with Crippen molar-refractivity contribution in [3.8, 4) is 11.5 Å². The summed E-state index contributed by atoms with van der Waals surface area (Å²) in [6, 6.07) is 14.6. The van der Waals surface area contributed by atoms with E-state index in [1.807, 2.05) is 6.07 Å². The fourth-order valence-corrected chi connectivity index (χ4v) is 3.37. The standard InChI is InChI=1S/C20H23N3O2/c21-9-8-20-22-16-13-18-19(25-12-11-24-18)14-17(16)23(20)10-4-7-15-5-2-1-3-6-15/h1-3,5-6,13-14H,4,7-12,21H2. The van der Waals surface area contributed by atoms with E-state index in [0.29, 0.717) is 19.8 Å². The lowest BCUT2D eigenvalue weighted by molar-refractivity contribution is 0.172. The van der Waals surface area contributed by atoms with Crippen LogP contribution in [-0.2, 0) is 19.4 Å². The van der Waals surface area contributed by atoms with Gasteiger partial charge in [0.15, 0.2) is 11.5 Å². The van der Waals surface area contributed by atoms with Crippen molar-refractivity contribution in [1.82, 2.24) is 9.55 Å². The van der Waals surface area contributed by atoms with E-state index in [9.17, 15) is 0 Å². The second-order valence-electron chi connectivity index (χ2n) is 6.29. The van der Waals surface area contributed by atoms with Gasteiger partial charge in [-0.25, -0.2) is 4.98 Å². The lowest BCUT2D eigenvalue weighted by Crippen LogP contribution is -2.15. The van der Waals surface area contributed by atoms with E-state index in [1.54, 1.807) is 0 Å². The van der Waals surface area contributed by atoms with Gasteiger partial charge in [0.1, 0.15) is 19.0 Å². The van der Waals surface area contributed by atoms with E-state index in [-0.39, 0.29) is 0 Å². The second kappa shape index (κ2) is 7.15. The van der Waals surface area contributed by atoms with Gasteiger partial charge in [-0.05, 0) is 24.9 Å². The van der Waals surface area contributed by atoms with E-state index in [2.05, 4.69) is 41.0 Å². The third-order valence-corrected chi connectivity index (χ3v) is 4.55. The molecule has 2 aromatic carbocycles. The highest BCUT2D eigenvalue weighted by molar-refractivity contribution is 5.80. The predicted molar refractivity (Wildman–Crippen MR) is 98.2 cm³/mol. The first-order chi connectivity index (χ1) is 12.3. The topological polar surface area (TPSA) is 62.3 Å². The van der Waals surface area contributed by atoms with Crippen LogP contribution >= 0.6 is 0 Å². The maximum Gasteiger partial charge on any atom is 0.163 e. The van der Waals surface area contributed by atoms with E-state index in [0.717, 1.165) is 54.2 Å². The highest BCUT2D eigenvalue weighted by atomic mass is 16.6. The Balaban J connectivity index is 1.61. The Morgan fingerprint density at radius 2 is 1.76 bits per heavy atom. The summed E-state index contributed by atoms with van der Waals surface area (Å²) in [5.41, 5.74) is 9.20. The van der Waals surface area contributed by atoms with Crippen molar-refractivity contribution in [2.24, 2.45) is 5.73 Å². The molecule has 0 fully saturated rings. The minimum Gasteiger partial charge on any atom is -0.486 e. The summed E-state index contributed by atoms with van der Waals surface area (Å²) in [7, 11) is 0. The van der Waals surface area contributed by atoms with Crippen molar-refractivity contribution in [2.45, 2.75) is 25.8 Å². The molecular weight excluding hydrogens is 314 g/mol. The summed E-state index contributed by atoms with van der Waals surface area (Å²) in [6.07, 6.45) is 2.88. The molecule has 0 saturated carbocycles. The Bertz CT molecular complexity index is 858. The highest BCUT2D eigenvalue weighted by Crippen LogP contribution is 2.35. The Morgan fingerprint density at radius 3 is 2.52 bits per heavy atom. The number of hydrogen-bond acceptors (Lipinski definition) is 4. The Labute approximate surface area is 147 Å². The number of benzene rings is 2. The molecule has 1 aromatic heterocycles. The zero-order valence-electron chi connectivity index (χ0n) is 14.3. The van der Waals surface area contributed by atoms with Gasteiger partial charge in [0, 0.05) is 25.1 Å². The Morgan fingerprint density at radius 1 is 1.00 bits per heavy atom. The van der Waals surface area contributed by atoms with Crippen LogP contribution in [0.4, 0.5) is 0 Å². The first kappa shape index (κ1) is 16.0. The van der Waals surface area contributed by atoms with Gasteiger partial charge >= 0.3 is 0 Å². The summed E-state index contributed by atoms with van der Waals surface area (Å²) >= 11 is 0. The van der Waals surface area contributed by atoms with Crippen LogP contribution in [0.3, 0.4) is 0 Å². The number of aryl methyl sites for hydroxylation is 2. The van der Waals surface area contributed by atoms with Gasteiger partial charge in [0.25, 0.3) is 0 Å². The molecule has 0 bridgehead atoms. The molecule has 130 valence electrons. The van der Waals surface area contributed by atoms with Gasteiger partial charge in [-0.15, -0.1) is 0 Å². The molecule has 5 heteroatoms. The lowest BCUT2D eigenvalue weighted by atomic mass is 10.1. The van der Waals surface area contributed by atoms with Crippen molar-refractivity contribution in [2.75, 3.05) is 19.8 Å². The fourth-order valence-electron chi connectivity index (χ4n) is 3.37. The molecule has 1 aliphatic rings. The number of nitrogens with two attached hydrogens (primary N) is 1. The van der Waals surface area contributed by atoms with Crippen LogP contribution in [0.15, 0.2) is 42.5 Å². The number of hydrogen-bond donors (Lipinski definition) is 1. The lowest BCUT2D eigenvalue weighted by Gasteiger charge is -2.18. The SMILES string of the molecule is NCCc1nc2cc3c(cc2n1CCCc1ccccc1)OCCO3. The third-order valence-electron chi connectivity index (χ3n) is 4.55. The Kier molecular flexibility index (Phi) is 4.57. The molecule has 0 saturated heterocycles. The van der Waals surface area contributed by atoms with Gasteiger partial charge in [-0.2, -0.15) is 0 Å². The zero-order valence-corrected chi connectivity index (χ0v) is 14.3. The van der Waals surface area contributed by atoms with Crippen molar-refractivity contribution in [3.63, 3.8) is 0 Å². The quantitative estimate of drug-likeness (QED) is 0.751. The summed E-state index contributed by atoms with van der Waals surface area (Å²) in [4.78, 5) is 4.78. The predicted octanol–water partition coefficient (Wildman–Crippen LogP) is 2.94. The molecule has 0 radical (unpaired) electrons. The Hall–Kier alpha value is -2.53. The second-order valence-corrected chi connectivity index (χ2v) is 6.29. The minimum absolute atomic E-state index is 0.589. The first-order valence-electron chi connectivity index (χ1n) is 8.88. The molecular formula is C20H23N3O2. The minimum atomic E-state index is 0.589. The number of nitrogens with zero attached hydrogens (tertiary/aromatic N) is 2. The summed E-state index contributed by atoms with van der Waals surface area (Å²) in [5, 5.41) is 0. The number of ether oxygens (including phenoxy) is 2. The number of fused-ring (bicyclic) bond motifs is 2. The van der Waals surface area contributed by atoms with Crippen LogP contribution in [0.25, 0.3) is 11.0 Å². The van der Waals surface area contributed by atoms with Crippen LogP contribution in [0.5, 0.6) is 11.5 Å². The van der Waals surface area contributed by atoms with E-state index >= 15 is 0 Å². The molecule has 1 aliphatic heterocycles. The third kappa shape index (κ3) is 3.33. The van der Waals surface area contributed by atoms with Crippen LogP contribution < -0.4 is 15.2 Å². The van der Waals surface area contributed by atoms with Crippen molar-refractivity contribution >= 4 is 11.0 Å². The highest BCUT2D eigenvalue weighted by Gasteiger charge is 2.17. The summed E-state index contributed by atoms with van der Waals surface area (Å²) in [5.74, 6) is 2.63. The molecule has 0 atom stereocenters. The van der Waals surface area contributed by atoms with Crippen LogP contribution in [0, 0.1) is 0 Å². The average molecular weight is 337 g/mol. The van der Waals surface area contributed by atoms with Gasteiger partial charge in [0.2, 0.25) is 0 Å². The van der Waals surface area contributed by atoms with Crippen LogP contribution in [0.2, 0.25) is 0 Å². The first-order valence-corrected chi connectivity index (χ1v) is 8.88. The number of imidazole rings is 1. The molecule has 3 aromatic rings. The summed E-state index contributed by atoms with van der Waals surface area (Å²) < 4.78 is 13.7. The fraction of sp³-hybridized carbons (Fsp3) is 0.350. The van der Waals surface area contributed by atoms with Crippen LogP contribution in [0.1, 0.15) is 17.8 Å². The maximum atomic E-state index is 5.79. The summed E-state index contributed by atoms with van der Waals surface area (Å²) in [6.45, 7) is 2.69. The molecule has 4 rings (SSSR count). The van der Waals surface area contributed by atoms with Crippen molar-refractivity contribution < 1.29 is 9.47 Å². The molecule has 0 amide bonds. The monoisotopic (exact) mass is 337 g/mol. The molecule has 2 N–H and O–H groups in total. The smallest absolute Gasteiger partial charge is 0.163 e. The van der Waals surface area contributed by atoms with Gasteiger partial charge in [-0.3, -0.25) is 0 Å². The van der Waals surface area contributed by atoms with Crippen LogP contribution in [-0.4, -0.2) is 29.3 Å². The van der Waals surface area contributed by atoms with Gasteiger partial charge in [0.05, 0.1) is 11.0 Å². The maximum absolute atomic E-state index is 5.79. The van der Waals surface area contributed by atoms with E-state index in [1.165, 1.54) is 5.56 Å². The molecule has 2 heterocycles. The normalized spacial score (nSPS) is 13.3. The largest absolute Gasteiger partial charge is 0.486 e. The van der Waals surface area contributed by atoms with Crippen molar-refractivity contribution in [1.29, 1.82) is 0 Å². The number of rotatable bonds is 6. The average Bonchev–Trinajstić information content (AvgIpc) is 2.97. The molecule has 0 spiro atoms. The molecule has 0 unspecified atom stereocenters. The van der Waals surface area contributed by atoms with Crippen molar-refractivity contribution in [3.05, 3.63) is 53.9 Å². The zero-order chi connectivity index (χ0) is 17.1. The molecule has 5 nitrogen and oxygen atoms in total. The van der Waals surface area contributed by atoms with Gasteiger partial charge < -0.3 is 19.8 Å². The molecule has 0 aliphatic carbocycles.